The maximum absolute atomic E-state index is 11.6. The van der Waals surface area contributed by atoms with Gasteiger partial charge in [0.2, 0.25) is 5.91 Å². The first kappa shape index (κ1) is 11.8. The molecule has 3 rings (SSSR count). The number of aromatic nitrogens is 4. The number of hydrogen-bond donors (Lipinski definition) is 0. The fourth-order valence-corrected chi connectivity index (χ4v) is 2.50. The number of carbonyl (C=O) groups is 1. The summed E-state index contributed by atoms with van der Waals surface area (Å²) in [7, 11) is 0. The highest BCUT2D eigenvalue weighted by molar-refractivity contribution is 5.74. The van der Waals surface area contributed by atoms with Crippen LogP contribution in [0.5, 0.6) is 0 Å². The summed E-state index contributed by atoms with van der Waals surface area (Å²) in [6, 6.07) is 0.0495. The van der Waals surface area contributed by atoms with E-state index < -0.39 is 0 Å². The smallest absolute Gasteiger partial charge is 0.220 e. The fraction of sp³-hybridized carbons (Fsp3) is 0.385. The Bertz CT molecular complexity index is 580. The van der Waals surface area contributed by atoms with Crippen LogP contribution in [0.25, 0.3) is 5.82 Å². The molecule has 0 saturated carbocycles. The molecule has 0 N–H and O–H groups in total. The molecule has 0 bridgehead atoms. The highest BCUT2D eigenvalue weighted by Crippen LogP contribution is 2.30. The molecule has 0 aliphatic carbocycles. The molecule has 2 aromatic rings. The van der Waals surface area contributed by atoms with Gasteiger partial charge in [-0.1, -0.05) is 0 Å². The van der Waals surface area contributed by atoms with Gasteiger partial charge in [0.25, 0.3) is 0 Å². The third-order valence-corrected chi connectivity index (χ3v) is 3.41. The molecule has 6 heteroatoms. The largest absolute Gasteiger partial charge is 0.334 e. The number of likely N-dealkylation sites (tertiary alicyclic amines) is 1. The zero-order chi connectivity index (χ0) is 13.2. The molecule has 1 amide bonds. The van der Waals surface area contributed by atoms with E-state index >= 15 is 0 Å². The maximum atomic E-state index is 11.6. The molecule has 6 nitrogen and oxygen atoms in total. The Kier molecular flexibility index (Phi) is 2.98. The Balaban J connectivity index is 1.93. The van der Waals surface area contributed by atoms with E-state index in [1.54, 1.807) is 31.8 Å². The summed E-state index contributed by atoms with van der Waals surface area (Å²) in [5.74, 6) is 0.822. The van der Waals surface area contributed by atoms with Crippen LogP contribution in [0, 0.1) is 0 Å². The molecule has 0 aromatic carbocycles. The molecular weight excluding hydrogens is 242 g/mol. The molecule has 1 atom stereocenters. The van der Waals surface area contributed by atoms with E-state index in [2.05, 4.69) is 15.0 Å². The third-order valence-electron chi connectivity index (χ3n) is 3.41. The van der Waals surface area contributed by atoms with Gasteiger partial charge in [-0.3, -0.25) is 14.3 Å². The van der Waals surface area contributed by atoms with E-state index in [0.717, 1.165) is 30.9 Å². The number of rotatable bonds is 2. The average Bonchev–Trinajstić information content (AvgIpc) is 3.10. The molecule has 1 aliphatic rings. The molecule has 2 aromatic heterocycles. The van der Waals surface area contributed by atoms with Crippen molar-refractivity contribution < 1.29 is 4.79 Å². The van der Waals surface area contributed by atoms with Crippen molar-refractivity contribution in [1.82, 2.24) is 24.4 Å². The van der Waals surface area contributed by atoms with E-state index in [1.807, 2.05) is 15.7 Å². The first-order valence-corrected chi connectivity index (χ1v) is 6.33. The van der Waals surface area contributed by atoms with Gasteiger partial charge in [0.05, 0.1) is 24.1 Å². The third kappa shape index (κ3) is 2.21. The van der Waals surface area contributed by atoms with Crippen LogP contribution in [-0.2, 0) is 4.79 Å². The molecule has 0 spiro atoms. The predicted molar refractivity (Wildman–Crippen MR) is 68.5 cm³/mol. The average molecular weight is 257 g/mol. The van der Waals surface area contributed by atoms with Gasteiger partial charge in [-0.15, -0.1) is 0 Å². The lowest BCUT2D eigenvalue weighted by atomic mass is 10.1. The Labute approximate surface area is 111 Å². The van der Waals surface area contributed by atoms with Gasteiger partial charge in [0.15, 0.2) is 5.82 Å². The van der Waals surface area contributed by atoms with Crippen LogP contribution < -0.4 is 0 Å². The molecule has 1 saturated heterocycles. The van der Waals surface area contributed by atoms with Crippen molar-refractivity contribution in [2.45, 2.75) is 25.8 Å². The zero-order valence-electron chi connectivity index (χ0n) is 10.7. The van der Waals surface area contributed by atoms with Crippen molar-refractivity contribution in [2.24, 2.45) is 0 Å². The van der Waals surface area contributed by atoms with E-state index in [0.29, 0.717) is 0 Å². The van der Waals surface area contributed by atoms with Gasteiger partial charge >= 0.3 is 0 Å². The van der Waals surface area contributed by atoms with E-state index in [4.69, 9.17) is 0 Å². The molecule has 19 heavy (non-hydrogen) atoms. The number of amides is 1. The van der Waals surface area contributed by atoms with Crippen molar-refractivity contribution in [3.8, 4) is 5.82 Å². The van der Waals surface area contributed by atoms with Crippen molar-refractivity contribution in [3.05, 3.63) is 36.8 Å². The molecule has 3 heterocycles. The monoisotopic (exact) mass is 257 g/mol. The molecule has 1 aliphatic heterocycles. The zero-order valence-corrected chi connectivity index (χ0v) is 10.7. The standard InChI is InChI=1S/C13H15N5O/c1-10(19)18-5-2-3-12(18)11-7-15-8-13(16-11)17-6-4-14-9-17/h4,6-9,12H,2-3,5H2,1H3/t12-/m0/s1. The SMILES string of the molecule is CC(=O)N1CCC[C@H]1c1cncc(-n2ccnc2)n1. The Morgan fingerprint density at radius 2 is 2.26 bits per heavy atom. The Hall–Kier alpha value is -2.24. The van der Waals surface area contributed by atoms with Gasteiger partial charge in [-0.25, -0.2) is 9.97 Å². The summed E-state index contributed by atoms with van der Waals surface area (Å²) in [6.45, 7) is 2.41. The quantitative estimate of drug-likeness (QED) is 0.814. The predicted octanol–water partition coefficient (Wildman–Crippen LogP) is 1.35. The second-order valence-electron chi connectivity index (χ2n) is 4.64. The lowest BCUT2D eigenvalue weighted by molar-refractivity contribution is -0.129. The van der Waals surface area contributed by atoms with Crippen LogP contribution in [0.2, 0.25) is 0 Å². The van der Waals surface area contributed by atoms with Gasteiger partial charge in [-0.05, 0) is 12.8 Å². The highest BCUT2D eigenvalue weighted by atomic mass is 16.2. The number of hydrogen-bond acceptors (Lipinski definition) is 4. The molecule has 98 valence electrons. The van der Waals surface area contributed by atoms with E-state index in [-0.39, 0.29) is 11.9 Å². The summed E-state index contributed by atoms with van der Waals surface area (Å²) < 4.78 is 1.81. The second-order valence-corrected chi connectivity index (χ2v) is 4.64. The minimum atomic E-state index is 0.0495. The van der Waals surface area contributed by atoms with Crippen LogP contribution in [0.1, 0.15) is 31.5 Å². The summed E-state index contributed by atoms with van der Waals surface area (Å²) in [5, 5.41) is 0. The van der Waals surface area contributed by atoms with Crippen LogP contribution in [0.15, 0.2) is 31.1 Å². The summed E-state index contributed by atoms with van der Waals surface area (Å²) >= 11 is 0. The van der Waals surface area contributed by atoms with E-state index in [1.165, 1.54) is 0 Å². The summed E-state index contributed by atoms with van der Waals surface area (Å²) in [4.78, 5) is 26.3. The molecule has 0 radical (unpaired) electrons. The van der Waals surface area contributed by atoms with Crippen molar-refractivity contribution in [1.29, 1.82) is 0 Å². The lowest BCUT2D eigenvalue weighted by Gasteiger charge is -2.22. The van der Waals surface area contributed by atoms with Gasteiger partial charge in [0, 0.05) is 25.9 Å². The first-order valence-electron chi connectivity index (χ1n) is 6.33. The Morgan fingerprint density at radius 1 is 1.37 bits per heavy atom. The van der Waals surface area contributed by atoms with Gasteiger partial charge in [-0.2, -0.15) is 0 Å². The van der Waals surface area contributed by atoms with Gasteiger partial charge < -0.3 is 4.90 Å². The van der Waals surface area contributed by atoms with Crippen molar-refractivity contribution in [3.63, 3.8) is 0 Å². The summed E-state index contributed by atoms with van der Waals surface area (Å²) in [6.07, 6.45) is 10.6. The lowest BCUT2D eigenvalue weighted by Crippen LogP contribution is -2.28. The normalized spacial score (nSPS) is 18.8. The molecule has 1 fully saturated rings. The van der Waals surface area contributed by atoms with Crippen LogP contribution in [0.3, 0.4) is 0 Å². The Morgan fingerprint density at radius 3 is 3.00 bits per heavy atom. The summed E-state index contributed by atoms with van der Waals surface area (Å²) in [5.41, 5.74) is 0.846. The van der Waals surface area contributed by atoms with Crippen LogP contribution >= 0.6 is 0 Å². The molecular formula is C13H15N5O. The van der Waals surface area contributed by atoms with Crippen molar-refractivity contribution >= 4 is 5.91 Å². The minimum Gasteiger partial charge on any atom is -0.334 e. The molecule has 0 unspecified atom stereocenters. The topological polar surface area (TPSA) is 63.9 Å². The number of imidazole rings is 1. The maximum Gasteiger partial charge on any atom is 0.220 e. The van der Waals surface area contributed by atoms with Crippen LogP contribution in [-0.4, -0.2) is 36.9 Å². The van der Waals surface area contributed by atoms with Gasteiger partial charge in [0.1, 0.15) is 6.33 Å². The van der Waals surface area contributed by atoms with E-state index in [9.17, 15) is 4.79 Å². The fourth-order valence-electron chi connectivity index (χ4n) is 2.50. The number of nitrogens with zero attached hydrogens (tertiary/aromatic N) is 5. The minimum absolute atomic E-state index is 0.0495. The highest BCUT2D eigenvalue weighted by Gasteiger charge is 2.29. The second kappa shape index (κ2) is 4.79. The first-order chi connectivity index (χ1) is 9.25. The van der Waals surface area contributed by atoms with Crippen LogP contribution in [0.4, 0.5) is 0 Å². The number of carbonyl (C=O) groups excluding carboxylic acids is 1. The van der Waals surface area contributed by atoms with Crippen molar-refractivity contribution in [2.75, 3.05) is 6.54 Å².